The third kappa shape index (κ3) is 3.63. The van der Waals surface area contributed by atoms with Crippen LogP contribution in [0.15, 0.2) is 24.7 Å². The summed E-state index contributed by atoms with van der Waals surface area (Å²) in [5.74, 6) is 2.39. The Bertz CT molecular complexity index is 562. The highest BCUT2D eigenvalue weighted by molar-refractivity contribution is 5.48. The second-order valence-electron chi connectivity index (χ2n) is 5.52. The Kier molecular flexibility index (Phi) is 4.12. The summed E-state index contributed by atoms with van der Waals surface area (Å²) in [4.78, 5) is 17.1. The van der Waals surface area contributed by atoms with Crippen molar-refractivity contribution in [2.75, 3.05) is 17.7 Å². The van der Waals surface area contributed by atoms with Crippen LogP contribution in [0.3, 0.4) is 0 Å². The van der Waals surface area contributed by atoms with Crippen LogP contribution in [0.4, 0.5) is 11.6 Å². The molecule has 106 valence electrons. The number of nitrogens with one attached hydrogen (secondary N) is 2. The highest BCUT2D eigenvalue weighted by atomic mass is 15.1. The van der Waals surface area contributed by atoms with E-state index in [9.17, 15) is 0 Å². The molecule has 0 aliphatic heterocycles. The molecular formula is C14H20N6. The van der Waals surface area contributed by atoms with Gasteiger partial charge in [-0.1, -0.05) is 20.8 Å². The van der Waals surface area contributed by atoms with Crippen molar-refractivity contribution < 1.29 is 0 Å². The monoisotopic (exact) mass is 272 g/mol. The van der Waals surface area contributed by atoms with Crippen molar-refractivity contribution in [1.82, 2.24) is 19.9 Å². The molecule has 0 aliphatic carbocycles. The average Bonchev–Trinajstić information content (AvgIpc) is 2.45. The van der Waals surface area contributed by atoms with Crippen LogP contribution in [0.1, 0.15) is 32.3 Å². The maximum absolute atomic E-state index is 4.56. The van der Waals surface area contributed by atoms with E-state index < -0.39 is 0 Å². The summed E-state index contributed by atoms with van der Waals surface area (Å²) in [6.07, 6.45) is 3.26. The van der Waals surface area contributed by atoms with E-state index in [4.69, 9.17) is 0 Å². The molecule has 2 heterocycles. The normalized spacial score (nSPS) is 11.2. The molecule has 0 unspecified atom stereocenters. The average molecular weight is 272 g/mol. The standard InChI is InChI=1S/C14H20N6/c1-14(2,3)13-19-11(15-4)7-12(20-13)17-8-10-5-6-16-9-18-10/h5-7,9H,8H2,1-4H3,(H2,15,17,19,20). The predicted molar refractivity (Wildman–Crippen MR) is 79.6 cm³/mol. The third-order valence-electron chi connectivity index (χ3n) is 2.75. The van der Waals surface area contributed by atoms with E-state index >= 15 is 0 Å². The lowest BCUT2D eigenvalue weighted by molar-refractivity contribution is 0.546. The van der Waals surface area contributed by atoms with E-state index in [1.165, 1.54) is 6.33 Å². The summed E-state index contributed by atoms with van der Waals surface area (Å²) in [5.41, 5.74) is 0.819. The predicted octanol–water partition coefficient (Wildman–Crippen LogP) is 2.22. The number of hydrogen-bond acceptors (Lipinski definition) is 6. The molecule has 6 heteroatoms. The Labute approximate surface area is 119 Å². The lowest BCUT2D eigenvalue weighted by atomic mass is 9.96. The molecule has 0 fully saturated rings. The van der Waals surface area contributed by atoms with Crippen molar-refractivity contribution in [3.63, 3.8) is 0 Å². The minimum absolute atomic E-state index is 0.0990. The Morgan fingerprint density at radius 1 is 1.15 bits per heavy atom. The fraction of sp³-hybridized carbons (Fsp3) is 0.429. The van der Waals surface area contributed by atoms with Crippen LogP contribution in [-0.2, 0) is 12.0 Å². The molecule has 0 atom stereocenters. The summed E-state index contributed by atoms with van der Waals surface area (Å²) in [5, 5.41) is 6.33. The number of nitrogens with zero attached hydrogens (tertiary/aromatic N) is 4. The molecule has 20 heavy (non-hydrogen) atoms. The zero-order valence-electron chi connectivity index (χ0n) is 12.3. The summed E-state index contributed by atoms with van der Waals surface area (Å²) < 4.78 is 0. The van der Waals surface area contributed by atoms with Crippen molar-refractivity contribution in [3.05, 3.63) is 36.2 Å². The Morgan fingerprint density at radius 3 is 2.50 bits per heavy atom. The Hall–Kier alpha value is -2.24. The summed E-state index contributed by atoms with van der Waals surface area (Å²) in [7, 11) is 1.85. The second-order valence-corrected chi connectivity index (χ2v) is 5.52. The summed E-state index contributed by atoms with van der Waals surface area (Å²) in [6.45, 7) is 6.88. The zero-order chi connectivity index (χ0) is 14.6. The maximum Gasteiger partial charge on any atom is 0.138 e. The first-order valence-corrected chi connectivity index (χ1v) is 6.55. The van der Waals surface area contributed by atoms with Crippen LogP contribution in [0, 0.1) is 0 Å². The van der Waals surface area contributed by atoms with Gasteiger partial charge in [-0.15, -0.1) is 0 Å². The van der Waals surface area contributed by atoms with Crippen LogP contribution >= 0.6 is 0 Å². The quantitative estimate of drug-likeness (QED) is 0.889. The number of hydrogen-bond donors (Lipinski definition) is 2. The van der Waals surface area contributed by atoms with Crippen LogP contribution in [-0.4, -0.2) is 27.0 Å². The van der Waals surface area contributed by atoms with Gasteiger partial charge in [-0.3, -0.25) is 0 Å². The molecule has 2 rings (SSSR count). The lowest BCUT2D eigenvalue weighted by Gasteiger charge is -2.18. The fourth-order valence-corrected chi connectivity index (χ4v) is 1.61. The molecule has 0 amide bonds. The largest absolute Gasteiger partial charge is 0.373 e. The highest BCUT2D eigenvalue weighted by Gasteiger charge is 2.18. The molecule has 0 aliphatic rings. The van der Waals surface area contributed by atoms with Crippen LogP contribution < -0.4 is 10.6 Å². The van der Waals surface area contributed by atoms with Gasteiger partial charge < -0.3 is 10.6 Å². The molecule has 0 radical (unpaired) electrons. The van der Waals surface area contributed by atoms with Gasteiger partial charge >= 0.3 is 0 Å². The SMILES string of the molecule is CNc1cc(NCc2ccncn2)nc(C(C)(C)C)n1. The molecule has 0 saturated heterocycles. The van der Waals surface area contributed by atoms with Crippen LogP contribution in [0.2, 0.25) is 0 Å². The Morgan fingerprint density at radius 2 is 1.90 bits per heavy atom. The number of anilines is 2. The molecule has 6 nitrogen and oxygen atoms in total. The number of rotatable bonds is 4. The van der Waals surface area contributed by atoms with Crippen LogP contribution in [0.5, 0.6) is 0 Å². The maximum atomic E-state index is 4.56. The molecule has 0 spiro atoms. The summed E-state index contributed by atoms with van der Waals surface area (Å²) in [6, 6.07) is 3.76. The molecular weight excluding hydrogens is 252 g/mol. The number of aromatic nitrogens is 4. The van der Waals surface area contributed by atoms with Crippen LogP contribution in [0.25, 0.3) is 0 Å². The van der Waals surface area contributed by atoms with E-state index in [0.29, 0.717) is 6.54 Å². The van der Waals surface area contributed by atoms with Gasteiger partial charge in [0.15, 0.2) is 0 Å². The van der Waals surface area contributed by atoms with E-state index in [1.807, 2.05) is 19.2 Å². The van der Waals surface area contributed by atoms with Gasteiger partial charge in [0.1, 0.15) is 23.8 Å². The topological polar surface area (TPSA) is 75.6 Å². The first kappa shape index (κ1) is 14.2. The smallest absolute Gasteiger partial charge is 0.138 e. The van der Waals surface area contributed by atoms with Gasteiger partial charge in [0, 0.05) is 24.7 Å². The molecule has 2 aromatic heterocycles. The van der Waals surface area contributed by atoms with Crippen molar-refractivity contribution in [2.45, 2.75) is 32.7 Å². The first-order valence-electron chi connectivity index (χ1n) is 6.55. The van der Waals surface area contributed by atoms with Gasteiger partial charge in [0.2, 0.25) is 0 Å². The van der Waals surface area contributed by atoms with Crippen molar-refractivity contribution >= 4 is 11.6 Å². The van der Waals surface area contributed by atoms with Gasteiger partial charge in [-0.25, -0.2) is 19.9 Å². The lowest BCUT2D eigenvalue weighted by Crippen LogP contribution is -2.18. The van der Waals surface area contributed by atoms with E-state index in [-0.39, 0.29) is 5.41 Å². The molecule has 2 N–H and O–H groups in total. The molecule has 0 bridgehead atoms. The van der Waals surface area contributed by atoms with E-state index in [2.05, 4.69) is 51.3 Å². The fourth-order valence-electron chi connectivity index (χ4n) is 1.61. The van der Waals surface area contributed by atoms with Gasteiger partial charge in [0.05, 0.1) is 12.2 Å². The first-order chi connectivity index (χ1) is 9.49. The van der Waals surface area contributed by atoms with Gasteiger partial charge in [-0.05, 0) is 6.07 Å². The van der Waals surface area contributed by atoms with Crippen molar-refractivity contribution in [1.29, 1.82) is 0 Å². The molecule has 2 aromatic rings. The van der Waals surface area contributed by atoms with E-state index in [1.54, 1.807) is 6.20 Å². The molecule has 0 aromatic carbocycles. The van der Waals surface area contributed by atoms with Gasteiger partial charge in [-0.2, -0.15) is 0 Å². The minimum atomic E-state index is -0.0990. The second kappa shape index (κ2) is 5.81. The van der Waals surface area contributed by atoms with Crippen molar-refractivity contribution in [2.24, 2.45) is 0 Å². The zero-order valence-corrected chi connectivity index (χ0v) is 12.3. The third-order valence-corrected chi connectivity index (χ3v) is 2.75. The van der Waals surface area contributed by atoms with Crippen molar-refractivity contribution in [3.8, 4) is 0 Å². The summed E-state index contributed by atoms with van der Waals surface area (Å²) >= 11 is 0. The highest BCUT2D eigenvalue weighted by Crippen LogP contribution is 2.22. The minimum Gasteiger partial charge on any atom is -0.373 e. The van der Waals surface area contributed by atoms with Gasteiger partial charge in [0.25, 0.3) is 0 Å². The van der Waals surface area contributed by atoms with E-state index in [0.717, 1.165) is 23.2 Å². The molecule has 0 saturated carbocycles. The Balaban J connectivity index is 2.19.